The van der Waals surface area contributed by atoms with Crippen LogP contribution in [-0.4, -0.2) is 19.9 Å². The van der Waals surface area contributed by atoms with E-state index in [-0.39, 0.29) is 42.1 Å². The number of aromatic nitrogens is 6. The molecule has 0 radical (unpaired) electrons. The van der Waals surface area contributed by atoms with Crippen LogP contribution in [0.1, 0.15) is 0 Å². The van der Waals surface area contributed by atoms with Gasteiger partial charge in [-0.25, -0.2) is 8.78 Å². The van der Waals surface area contributed by atoms with Gasteiger partial charge in [0.1, 0.15) is 11.9 Å². The van der Waals surface area contributed by atoms with Crippen molar-refractivity contribution in [1.82, 2.24) is 29.9 Å². The summed E-state index contributed by atoms with van der Waals surface area (Å²) < 4.78 is 25.6. The number of fused-ring (bicyclic) bond motifs is 8. The fourth-order valence-electron chi connectivity index (χ4n) is 7.04. The zero-order chi connectivity index (χ0) is 40.7. The van der Waals surface area contributed by atoms with Crippen molar-refractivity contribution < 1.29 is 50.9 Å². The second kappa shape index (κ2) is 20.2. The third-order valence-corrected chi connectivity index (χ3v) is 9.81. The van der Waals surface area contributed by atoms with Crippen LogP contribution in [0.2, 0.25) is 0 Å². The Morgan fingerprint density at radius 3 is 1.18 bits per heavy atom. The molecule has 0 N–H and O–H groups in total. The van der Waals surface area contributed by atoms with Gasteiger partial charge in [-0.3, -0.25) is 0 Å². The Morgan fingerprint density at radius 1 is 0.371 bits per heavy atom. The predicted molar refractivity (Wildman–Crippen MR) is 237 cm³/mol. The van der Waals surface area contributed by atoms with E-state index in [0.717, 1.165) is 55.1 Å². The number of para-hydroxylation sites is 2. The molecular formula is C52H32F2N6Pt2. The van der Waals surface area contributed by atoms with E-state index in [1.165, 1.54) is 33.7 Å². The minimum atomic E-state index is -0.486. The van der Waals surface area contributed by atoms with Crippen LogP contribution < -0.4 is 9.97 Å². The number of hydrogen-bond donors (Lipinski definition) is 0. The molecule has 0 aliphatic carbocycles. The van der Waals surface area contributed by atoms with Crippen LogP contribution >= 0.6 is 0 Å². The maximum atomic E-state index is 12.8. The second-order valence-corrected chi connectivity index (χ2v) is 13.6. The van der Waals surface area contributed by atoms with E-state index in [0.29, 0.717) is 11.3 Å². The quantitative estimate of drug-likeness (QED) is 0.127. The smallest absolute Gasteiger partial charge is 0.435 e. The van der Waals surface area contributed by atoms with Crippen molar-refractivity contribution in [2.75, 3.05) is 0 Å². The molecule has 0 saturated carbocycles. The number of halogens is 2. The molecule has 0 aliphatic heterocycles. The predicted octanol–water partition coefficient (Wildman–Crippen LogP) is 12.4. The number of rotatable bonds is 2. The Hall–Kier alpha value is -6.72. The van der Waals surface area contributed by atoms with E-state index in [9.17, 15) is 8.78 Å². The molecule has 6 nitrogen and oxygen atoms in total. The Morgan fingerprint density at radius 2 is 0.758 bits per heavy atom. The summed E-state index contributed by atoms with van der Waals surface area (Å²) in [6, 6.07) is 64.6. The molecule has 0 spiro atoms. The number of nitrogens with zero attached hydrogens (tertiary/aromatic N) is 6. The van der Waals surface area contributed by atoms with E-state index in [1.807, 2.05) is 134 Å². The molecular weight excluding hydrogens is 1140 g/mol. The fourth-order valence-corrected chi connectivity index (χ4v) is 7.04. The van der Waals surface area contributed by atoms with Gasteiger partial charge in [0.05, 0.1) is 0 Å². The summed E-state index contributed by atoms with van der Waals surface area (Å²) in [6.45, 7) is 0. The van der Waals surface area contributed by atoms with Crippen molar-refractivity contribution in [1.29, 1.82) is 0 Å². The van der Waals surface area contributed by atoms with Crippen LogP contribution in [0, 0.1) is 24.0 Å². The molecule has 0 atom stereocenters. The number of pyridine rings is 4. The van der Waals surface area contributed by atoms with E-state index in [4.69, 9.17) is 0 Å². The van der Waals surface area contributed by atoms with Crippen LogP contribution in [0.3, 0.4) is 0 Å². The maximum absolute atomic E-state index is 12.8. The molecule has 10 heteroatoms. The van der Waals surface area contributed by atoms with Gasteiger partial charge in [0.2, 0.25) is 0 Å². The average molecular weight is 1170 g/mol. The molecule has 6 aromatic carbocycles. The van der Waals surface area contributed by atoms with E-state index >= 15 is 0 Å². The van der Waals surface area contributed by atoms with Gasteiger partial charge < -0.3 is 29.9 Å². The minimum Gasteiger partial charge on any atom is -0.435 e. The first-order chi connectivity index (χ1) is 29.6. The molecule has 62 heavy (non-hydrogen) atoms. The van der Waals surface area contributed by atoms with Crippen LogP contribution in [0.5, 0.6) is 0 Å². The van der Waals surface area contributed by atoms with Crippen LogP contribution in [0.25, 0.3) is 87.9 Å². The molecule has 0 fully saturated rings. The molecule has 0 bridgehead atoms. The van der Waals surface area contributed by atoms with E-state index in [2.05, 4.69) is 78.4 Å². The van der Waals surface area contributed by atoms with Gasteiger partial charge in [-0.2, -0.15) is 0 Å². The molecule has 12 aromatic rings. The molecule has 0 aliphatic rings. The molecule has 6 heterocycles. The van der Waals surface area contributed by atoms with Gasteiger partial charge in [0, 0.05) is 12.4 Å². The second-order valence-electron chi connectivity index (χ2n) is 13.6. The van der Waals surface area contributed by atoms with Crippen molar-refractivity contribution in [2.45, 2.75) is 0 Å². The fraction of sp³-hybridized carbons (Fsp3) is 0. The van der Waals surface area contributed by atoms with Crippen LogP contribution in [0.15, 0.2) is 194 Å². The monoisotopic (exact) mass is 1170 g/mol. The third kappa shape index (κ3) is 9.58. The summed E-state index contributed by atoms with van der Waals surface area (Å²) in [7, 11) is 0. The number of hydrogen-bond acceptors (Lipinski definition) is 4. The zero-order valence-corrected chi connectivity index (χ0v) is 37.1. The van der Waals surface area contributed by atoms with Crippen molar-refractivity contribution in [3.8, 4) is 22.5 Å². The van der Waals surface area contributed by atoms with Crippen LogP contribution in [-0.2, 0) is 42.1 Å². The molecule has 0 amide bonds. The van der Waals surface area contributed by atoms with Gasteiger partial charge >= 0.3 is 42.1 Å². The SMILES string of the molecule is Fc1ccc2c(n1)[n-]c1ccccc12.Fc1ccc2c(n1)[n-]c1ccccc12.[Pt+2].[Pt+2].[c-]1ccc2ccccc2c1-c1ccccn1.[c-]1ccc2ccccc2c1-c1ccccn1. The normalized spacial score (nSPS) is 10.5. The third-order valence-electron chi connectivity index (χ3n) is 9.81. The van der Waals surface area contributed by atoms with E-state index in [1.54, 1.807) is 12.1 Å². The van der Waals surface area contributed by atoms with Crippen LogP contribution in [0.4, 0.5) is 8.78 Å². The maximum Gasteiger partial charge on any atom is 2.00 e. The first kappa shape index (κ1) is 43.4. The summed E-state index contributed by atoms with van der Waals surface area (Å²) in [6.07, 6.45) is 3.62. The van der Waals surface area contributed by atoms with Gasteiger partial charge in [0.25, 0.3) is 0 Å². The summed E-state index contributed by atoms with van der Waals surface area (Å²) in [5.74, 6) is -0.972. The Kier molecular flexibility index (Phi) is 14.1. The topological polar surface area (TPSA) is 79.8 Å². The van der Waals surface area contributed by atoms with Gasteiger partial charge in [0.15, 0.2) is 0 Å². The average Bonchev–Trinajstić information content (AvgIpc) is 3.87. The zero-order valence-electron chi connectivity index (χ0n) is 32.5. The Labute approximate surface area is 384 Å². The summed E-state index contributed by atoms with van der Waals surface area (Å²) in [5.41, 5.74) is 6.76. The standard InChI is InChI=1S/2C15H10N.2C11H6FN2.2Pt/c2*1-2-8-13-12(6-1)7-5-9-14(13)15-10-3-4-11-16-15;2*12-10-6-5-8-7-3-1-2-4-9(7)13-11(8)14-10;;/h2*1-8,10-11H;2*1-6H;;/q4*-1;2*+2. The Balaban J connectivity index is 0.000000123. The Bertz CT molecular complexity index is 3140. The van der Waals surface area contributed by atoms with Gasteiger partial charge in [-0.15, -0.1) is 58.3 Å². The largest absolute Gasteiger partial charge is 2.00 e. The number of benzene rings is 6. The van der Waals surface area contributed by atoms with E-state index < -0.39 is 11.9 Å². The first-order valence-corrected chi connectivity index (χ1v) is 19.2. The molecule has 304 valence electrons. The molecule has 12 rings (SSSR count). The minimum absolute atomic E-state index is 0. The molecule has 0 saturated heterocycles. The summed E-state index contributed by atoms with van der Waals surface area (Å²) in [4.78, 5) is 24.7. The van der Waals surface area contributed by atoms with Crippen molar-refractivity contribution in [2.24, 2.45) is 0 Å². The van der Waals surface area contributed by atoms with Gasteiger partial charge in [-0.05, 0) is 79.5 Å². The van der Waals surface area contributed by atoms with Crippen molar-refractivity contribution in [3.63, 3.8) is 0 Å². The molecule has 6 aromatic heterocycles. The van der Waals surface area contributed by atoms with Gasteiger partial charge in [-0.1, -0.05) is 144 Å². The summed E-state index contributed by atoms with van der Waals surface area (Å²) >= 11 is 0. The van der Waals surface area contributed by atoms with Crippen molar-refractivity contribution >= 4 is 65.4 Å². The summed E-state index contributed by atoms with van der Waals surface area (Å²) in [5, 5.41) is 8.70. The molecule has 0 unspecified atom stereocenters. The first-order valence-electron chi connectivity index (χ1n) is 19.2. The van der Waals surface area contributed by atoms with Crippen molar-refractivity contribution in [3.05, 3.63) is 218 Å².